The maximum atomic E-state index is 12.0. The topological polar surface area (TPSA) is 64.3 Å². The third-order valence-corrected chi connectivity index (χ3v) is 3.60. The minimum Gasteiger partial charge on any atom is -0.483 e. The number of hydrogen-bond acceptors (Lipinski definition) is 3. The van der Waals surface area contributed by atoms with Crippen LogP contribution in [0.1, 0.15) is 11.1 Å². The number of nitrogens with one attached hydrogen (secondary N) is 1. The van der Waals surface area contributed by atoms with Crippen molar-refractivity contribution in [2.24, 2.45) is 0 Å². The molecule has 0 bridgehead atoms. The maximum Gasteiger partial charge on any atom is 0.262 e. The van der Waals surface area contributed by atoms with Gasteiger partial charge in [-0.3, -0.25) is 4.79 Å². The molecule has 0 aliphatic carbocycles. The Morgan fingerprint density at radius 2 is 1.91 bits per heavy atom. The second-order valence-corrected chi connectivity index (χ2v) is 5.78. The third kappa shape index (κ3) is 4.06. The average Bonchev–Trinajstić information content (AvgIpc) is 2.42. The summed E-state index contributed by atoms with van der Waals surface area (Å²) in [6, 6.07) is 8.55. The summed E-state index contributed by atoms with van der Waals surface area (Å²) in [4.78, 5) is 12.0. The number of rotatable bonds is 4. The van der Waals surface area contributed by atoms with Gasteiger partial charge in [0, 0.05) is 10.7 Å². The van der Waals surface area contributed by atoms with Gasteiger partial charge in [-0.05, 0) is 55.3 Å². The lowest BCUT2D eigenvalue weighted by molar-refractivity contribution is -0.118. The van der Waals surface area contributed by atoms with Crippen molar-refractivity contribution in [1.29, 1.82) is 0 Å². The predicted molar refractivity (Wildman–Crippen MR) is 90.9 cm³/mol. The van der Waals surface area contributed by atoms with Crippen LogP contribution in [-0.4, -0.2) is 12.5 Å². The van der Waals surface area contributed by atoms with Crippen molar-refractivity contribution in [1.82, 2.24) is 0 Å². The minimum absolute atomic E-state index is 0.122. The molecule has 0 spiro atoms. The molecule has 0 atom stereocenters. The van der Waals surface area contributed by atoms with Crippen LogP contribution in [-0.2, 0) is 4.79 Å². The van der Waals surface area contributed by atoms with Crippen LogP contribution in [0.25, 0.3) is 0 Å². The molecular weight excluding hydrogens is 323 g/mol. The number of benzene rings is 2. The first-order chi connectivity index (χ1) is 10.4. The van der Waals surface area contributed by atoms with E-state index in [9.17, 15) is 4.79 Å². The standard InChI is InChI=1S/C16H16Cl2N2O2/c1-9-5-11(17)3-4-14(9)22-8-15(21)20-16-10(2)6-12(19)7-13(16)18/h3-7H,8,19H2,1-2H3,(H,20,21). The molecule has 116 valence electrons. The average molecular weight is 339 g/mol. The first kappa shape index (κ1) is 16.5. The van der Waals surface area contributed by atoms with Gasteiger partial charge in [-0.15, -0.1) is 0 Å². The summed E-state index contributed by atoms with van der Waals surface area (Å²) in [6.45, 7) is 3.56. The van der Waals surface area contributed by atoms with Crippen molar-refractivity contribution in [2.45, 2.75) is 13.8 Å². The Morgan fingerprint density at radius 3 is 2.55 bits per heavy atom. The molecule has 0 saturated carbocycles. The van der Waals surface area contributed by atoms with Crippen molar-refractivity contribution in [2.75, 3.05) is 17.7 Å². The lowest BCUT2D eigenvalue weighted by Crippen LogP contribution is -2.21. The van der Waals surface area contributed by atoms with E-state index < -0.39 is 0 Å². The Bertz CT molecular complexity index is 694. The number of carbonyl (C=O) groups excluding carboxylic acids is 1. The van der Waals surface area contributed by atoms with Crippen LogP contribution in [0.4, 0.5) is 11.4 Å². The van der Waals surface area contributed by atoms with Gasteiger partial charge in [-0.1, -0.05) is 23.2 Å². The summed E-state index contributed by atoms with van der Waals surface area (Å²) in [5.74, 6) is 0.309. The predicted octanol–water partition coefficient (Wildman–Crippen LogP) is 4.21. The SMILES string of the molecule is Cc1cc(Cl)ccc1OCC(=O)Nc1c(C)cc(N)cc1Cl. The maximum absolute atomic E-state index is 12.0. The molecule has 6 heteroatoms. The fraction of sp³-hybridized carbons (Fsp3) is 0.188. The van der Waals surface area contributed by atoms with E-state index in [1.54, 1.807) is 30.3 Å². The van der Waals surface area contributed by atoms with Crippen molar-refractivity contribution >= 4 is 40.5 Å². The first-order valence-corrected chi connectivity index (χ1v) is 7.37. The second-order valence-electron chi connectivity index (χ2n) is 4.94. The van der Waals surface area contributed by atoms with Gasteiger partial charge in [0.05, 0.1) is 10.7 Å². The Labute approximate surface area is 139 Å². The van der Waals surface area contributed by atoms with Crippen LogP contribution >= 0.6 is 23.2 Å². The number of anilines is 2. The molecule has 0 saturated heterocycles. The molecule has 2 rings (SSSR count). The zero-order chi connectivity index (χ0) is 16.3. The van der Waals surface area contributed by atoms with E-state index in [4.69, 9.17) is 33.7 Å². The zero-order valence-corrected chi connectivity index (χ0v) is 13.8. The summed E-state index contributed by atoms with van der Waals surface area (Å²) >= 11 is 12.0. The molecule has 0 aromatic heterocycles. The zero-order valence-electron chi connectivity index (χ0n) is 12.2. The molecule has 2 aromatic carbocycles. The van der Waals surface area contributed by atoms with E-state index in [-0.39, 0.29) is 12.5 Å². The molecule has 22 heavy (non-hydrogen) atoms. The highest BCUT2D eigenvalue weighted by Crippen LogP contribution is 2.28. The van der Waals surface area contributed by atoms with Gasteiger partial charge < -0.3 is 15.8 Å². The number of halogens is 2. The van der Waals surface area contributed by atoms with Crippen LogP contribution in [0, 0.1) is 13.8 Å². The molecule has 0 fully saturated rings. The van der Waals surface area contributed by atoms with Gasteiger partial charge in [0.2, 0.25) is 0 Å². The Hall–Kier alpha value is -1.91. The number of nitrogens with two attached hydrogens (primary N) is 1. The number of nitrogen functional groups attached to an aromatic ring is 1. The van der Waals surface area contributed by atoms with E-state index >= 15 is 0 Å². The van der Waals surface area contributed by atoms with E-state index in [2.05, 4.69) is 5.32 Å². The number of amides is 1. The van der Waals surface area contributed by atoms with Gasteiger partial charge in [-0.25, -0.2) is 0 Å². The molecule has 0 aliphatic rings. The van der Waals surface area contributed by atoms with E-state index in [0.717, 1.165) is 11.1 Å². The van der Waals surface area contributed by atoms with E-state index in [1.165, 1.54) is 0 Å². The lowest BCUT2D eigenvalue weighted by atomic mass is 10.2. The molecule has 0 aliphatic heterocycles. The smallest absolute Gasteiger partial charge is 0.262 e. The number of aryl methyl sites for hydroxylation is 2. The fourth-order valence-electron chi connectivity index (χ4n) is 2.02. The monoisotopic (exact) mass is 338 g/mol. The minimum atomic E-state index is -0.302. The summed E-state index contributed by atoms with van der Waals surface area (Å²) in [7, 11) is 0. The van der Waals surface area contributed by atoms with Crippen LogP contribution in [0.3, 0.4) is 0 Å². The van der Waals surface area contributed by atoms with Gasteiger partial charge in [0.25, 0.3) is 5.91 Å². The molecule has 4 nitrogen and oxygen atoms in total. The van der Waals surface area contributed by atoms with Crippen LogP contribution in [0.15, 0.2) is 30.3 Å². The first-order valence-electron chi connectivity index (χ1n) is 6.61. The highest BCUT2D eigenvalue weighted by atomic mass is 35.5. The van der Waals surface area contributed by atoms with Crippen molar-refractivity contribution in [3.63, 3.8) is 0 Å². The summed E-state index contributed by atoms with van der Waals surface area (Å²) in [6.07, 6.45) is 0. The number of hydrogen-bond donors (Lipinski definition) is 2. The van der Waals surface area contributed by atoms with E-state index in [1.807, 2.05) is 13.8 Å². The highest BCUT2D eigenvalue weighted by molar-refractivity contribution is 6.34. The summed E-state index contributed by atoms with van der Waals surface area (Å²) < 4.78 is 5.49. The normalized spacial score (nSPS) is 10.4. The van der Waals surface area contributed by atoms with Crippen molar-refractivity contribution in [3.05, 3.63) is 51.5 Å². The fourth-order valence-corrected chi connectivity index (χ4v) is 2.57. The van der Waals surface area contributed by atoms with Crippen LogP contribution in [0.5, 0.6) is 5.75 Å². The largest absolute Gasteiger partial charge is 0.483 e. The lowest BCUT2D eigenvalue weighted by Gasteiger charge is -2.13. The Kier molecular flexibility index (Phi) is 5.16. The van der Waals surface area contributed by atoms with Gasteiger partial charge in [0.15, 0.2) is 6.61 Å². The quantitative estimate of drug-likeness (QED) is 0.820. The summed E-state index contributed by atoms with van der Waals surface area (Å²) in [5.41, 5.74) is 8.43. The summed E-state index contributed by atoms with van der Waals surface area (Å²) in [5, 5.41) is 3.75. The molecule has 2 aromatic rings. The Morgan fingerprint density at radius 1 is 1.18 bits per heavy atom. The molecule has 1 amide bonds. The number of carbonyl (C=O) groups is 1. The van der Waals surface area contributed by atoms with Crippen LogP contribution < -0.4 is 15.8 Å². The van der Waals surface area contributed by atoms with Crippen LogP contribution in [0.2, 0.25) is 10.0 Å². The molecule has 0 heterocycles. The second kappa shape index (κ2) is 6.90. The van der Waals surface area contributed by atoms with E-state index in [0.29, 0.717) is 27.2 Å². The van der Waals surface area contributed by atoms with Gasteiger partial charge in [0.1, 0.15) is 5.75 Å². The third-order valence-electron chi connectivity index (χ3n) is 3.07. The highest BCUT2D eigenvalue weighted by Gasteiger charge is 2.11. The van der Waals surface area contributed by atoms with Crippen molar-refractivity contribution in [3.8, 4) is 5.75 Å². The molecule has 3 N–H and O–H groups in total. The Balaban J connectivity index is 2.02. The molecule has 0 unspecified atom stereocenters. The molecule has 0 radical (unpaired) electrons. The van der Waals surface area contributed by atoms with Crippen molar-refractivity contribution < 1.29 is 9.53 Å². The number of ether oxygens (including phenoxy) is 1. The van der Waals surface area contributed by atoms with Gasteiger partial charge in [-0.2, -0.15) is 0 Å². The van der Waals surface area contributed by atoms with Gasteiger partial charge >= 0.3 is 0 Å². The molecular formula is C16H16Cl2N2O2.